The zero-order chi connectivity index (χ0) is 6.53. The molecule has 0 bridgehead atoms. The van der Waals surface area contributed by atoms with Gasteiger partial charge in [-0.15, -0.1) is 0 Å². The van der Waals surface area contributed by atoms with E-state index in [0.29, 0.717) is 0 Å². The number of rotatable bonds is 2. The second-order valence-electron chi connectivity index (χ2n) is 1.73. The molecular formula is C5H10NOS2. The topological polar surface area (TPSA) is 12.5 Å². The quantitative estimate of drug-likeness (QED) is 0.451. The van der Waals surface area contributed by atoms with Crippen molar-refractivity contribution in [2.75, 3.05) is 26.3 Å². The lowest BCUT2D eigenvalue weighted by atomic mass is 10.5. The molecule has 0 aromatic carbocycles. The van der Waals surface area contributed by atoms with Crippen LogP contribution in [-0.4, -0.2) is 30.6 Å². The zero-order valence-corrected chi connectivity index (χ0v) is 6.84. The molecule has 1 fully saturated rings. The van der Waals surface area contributed by atoms with Crippen LogP contribution in [0, 0.1) is 6.26 Å². The Kier molecular flexibility index (Phi) is 3.81. The number of morpholine rings is 1. The highest BCUT2D eigenvalue weighted by atomic mass is 33.1. The summed E-state index contributed by atoms with van der Waals surface area (Å²) in [7, 11) is 3.26. The first-order chi connectivity index (χ1) is 4.43. The van der Waals surface area contributed by atoms with Gasteiger partial charge in [0, 0.05) is 19.3 Å². The van der Waals surface area contributed by atoms with Gasteiger partial charge in [0.1, 0.15) is 0 Å². The summed E-state index contributed by atoms with van der Waals surface area (Å²) in [6, 6.07) is 0. The minimum atomic E-state index is 0.869. The predicted octanol–water partition coefficient (Wildman–Crippen LogP) is 1.41. The fourth-order valence-electron chi connectivity index (χ4n) is 0.696. The summed E-state index contributed by atoms with van der Waals surface area (Å²) in [6.45, 7) is 3.81. The van der Waals surface area contributed by atoms with Crippen LogP contribution >= 0.6 is 21.8 Å². The Morgan fingerprint density at radius 2 is 2.00 bits per heavy atom. The highest BCUT2D eigenvalue weighted by Crippen LogP contribution is 2.24. The Balaban J connectivity index is 2.08. The van der Waals surface area contributed by atoms with Crippen LogP contribution in [0.3, 0.4) is 0 Å². The van der Waals surface area contributed by atoms with E-state index >= 15 is 0 Å². The van der Waals surface area contributed by atoms with Gasteiger partial charge in [-0.3, -0.25) is 0 Å². The SMILES string of the molecule is [CH2]SSN1CCOCC1. The van der Waals surface area contributed by atoms with Crippen LogP contribution in [0.25, 0.3) is 0 Å². The van der Waals surface area contributed by atoms with Crippen molar-refractivity contribution in [1.29, 1.82) is 0 Å². The summed E-state index contributed by atoms with van der Waals surface area (Å²) in [4.78, 5) is 0. The lowest BCUT2D eigenvalue weighted by Gasteiger charge is -2.23. The number of hydrogen-bond donors (Lipinski definition) is 0. The normalized spacial score (nSPS) is 22.3. The zero-order valence-electron chi connectivity index (χ0n) is 5.21. The summed E-state index contributed by atoms with van der Waals surface area (Å²) in [5, 5.41) is 0. The molecule has 0 aromatic rings. The largest absolute Gasteiger partial charge is 0.379 e. The molecule has 1 heterocycles. The lowest BCUT2D eigenvalue weighted by Crippen LogP contribution is -2.30. The van der Waals surface area contributed by atoms with Crippen LogP contribution in [0.1, 0.15) is 0 Å². The molecule has 0 saturated carbocycles. The van der Waals surface area contributed by atoms with Gasteiger partial charge in [0.25, 0.3) is 0 Å². The van der Waals surface area contributed by atoms with Gasteiger partial charge in [-0.25, -0.2) is 4.31 Å². The molecule has 0 unspecified atom stereocenters. The van der Waals surface area contributed by atoms with E-state index in [-0.39, 0.29) is 0 Å². The van der Waals surface area contributed by atoms with E-state index in [2.05, 4.69) is 10.6 Å². The van der Waals surface area contributed by atoms with E-state index in [9.17, 15) is 0 Å². The Bertz CT molecular complexity index is 72.6. The average Bonchev–Trinajstić information content (AvgIpc) is 1.91. The van der Waals surface area contributed by atoms with Crippen molar-refractivity contribution in [2.45, 2.75) is 0 Å². The van der Waals surface area contributed by atoms with Crippen molar-refractivity contribution in [3.05, 3.63) is 6.26 Å². The van der Waals surface area contributed by atoms with Gasteiger partial charge in [-0.05, 0) is 11.0 Å². The highest BCUT2D eigenvalue weighted by Gasteiger charge is 2.08. The van der Waals surface area contributed by atoms with Gasteiger partial charge in [0.15, 0.2) is 0 Å². The Hall–Kier alpha value is 0.620. The van der Waals surface area contributed by atoms with E-state index in [1.807, 2.05) is 0 Å². The van der Waals surface area contributed by atoms with Crippen LogP contribution in [0.5, 0.6) is 0 Å². The molecule has 0 aromatic heterocycles. The molecule has 0 spiro atoms. The summed E-state index contributed by atoms with van der Waals surface area (Å²) >= 11 is 0. The van der Waals surface area contributed by atoms with Crippen molar-refractivity contribution in [3.8, 4) is 0 Å². The van der Waals surface area contributed by atoms with Gasteiger partial charge >= 0.3 is 0 Å². The van der Waals surface area contributed by atoms with Gasteiger partial charge in [-0.2, -0.15) is 0 Å². The molecule has 2 nitrogen and oxygen atoms in total. The van der Waals surface area contributed by atoms with Crippen LogP contribution in [0.2, 0.25) is 0 Å². The maximum Gasteiger partial charge on any atom is 0.0603 e. The second-order valence-corrected chi connectivity index (χ2v) is 3.79. The standard InChI is InChI=1S/C5H10NOS2/c1-8-9-6-2-4-7-5-3-6/h1-5H2. The molecule has 1 rings (SSSR count). The van der Waals surface area contributed by atoms with Crippen LogP contribution in [-0.2, 0) is 4.74 Å². The van der Waals surface area contributed by atoms with E-state index in [0.717, 1.165) is 26.3 Å². The van der Waals surface area contributed by atoms with Gasteiger partial charge in [0.2, 0.25) is 0 Å². The van der Waals surface area contributed by atoms with Gasteiger partial charge in [-0.1, -0.05) is 10.8 Å². The van der Waals surface area contributed by atoms with Crippen molar-refractivity contribution < 1.29 is 4.74 Å². The molecule has 0 N–H and O–H groups in total. The van der Waals surface area contributed by atoms with Crippen molar-refractivity contribution in [1.82, 2.24) is 4.31 Å². The molecule has 0 aliphatic carbocycles. The first-order valence-corrected chi connectivity index (χ1v) is 5.12. The maximum absolute atomic E-state index is 5.16. The molecular weight excluding hydrogens is 154 g/mol. The van der Waals surface area contributed by atoms with Crippen molar-refractivity contribution >= 4 is 21.8 Å². The maximum atomic E-state index is 5.16. The summed E-state index contributed by atoms with van der Waals surface area (Å²) < 4.78 is 7.43. The second kappa shape index (κ2) is 4.44. The predicted molar refractivity (Wildman–Crippen MR) is 42.9 cm³/mol. The third kappa shape index (κ3) is 2.80. The first kappa shape index (κ1) is 7.72. The highest BCUT2D eigenvalue weighted by molar-refractivity contribution is 8.76. The minimum Gasteiger partial charge on any atom is -0.379 e. The average molecular weight is 164 g/mol. The van der Waals surface area contributed by atoms with E-state index in [1.54, 1.807) is 21.8 Å². The van der Waals surface area contributed by atoms with E-state index in [1.165, 1.54) is 0 Å². The molecule has 1 radical (unpaired) electrons. The number of hydrogen-bond acceptors (Lipinski definition) is 4. The fraction of sp³-hybridized carbons (Fsp3) is 0.800. The minimum absolute atomic E-state index is 0.869. The Morgan fingerprint density at radius 3 is 2.56 bits per heavy atom. The Labute approximate surface area is 63.8 Å². The molecule has 4 heteroatoms. The summed E-state index contributed by atoms with van der Waals surface area (Å²) in [6.07, 6.45) is 3.68. The van der Waals surface area contributed by atoms with Crippen LogP contribution in [0.15, 0.2) is 0 Å². The fourth-order valence-corrected chi connectivity index (χ4v) is 2.04. The smallest absolute Gasteiger partial charge is 0.0603 e. The molecule has 0 atom stereocenters. The summed E-state index contributed by atoms with van der Waals surface area (Å²) in [5.74, 6) is 0. The molecule has 9 heavy (non-hydrogen) atoms. The van der Waals surface area contributed by atoms with Crippen LogP contribution < -0.4 is 0 Å². The monoisotopic (exact) mass is 164 g/mol. The van der Waals surface area contributed by atoms with Gasteiger partial charge in [0.05, 0.1) is 13.2 Å². The summed E-state index contributed by atoms with van der Waals surface area (Å²) in [5.41, 5.74) is 0. The molecule has 1 saturated heterocycles. The van der Waals surface area contributed by atoms with Crippen LogP contribution in [0.4, 0.5) is 0 Å². The van der Waals surface area contributed by atoms with Gasteiger partial charge < -0.3 is 4.74 Å². The van der Waals surface area contributed by atoms with E-state index in [4.69, 9.17) is 4.74 Å². The number of nitrogens with zero attached hydrogens (tertiary/aromatic N) is 1. The lowest BCUT2D eigenvalue weighted by molar-refractivity contribution is 0.0779. The Morgan fingerprint density at radius 1 is 1.33 bits per heavy atom. The van der Waals surface area contributed by atoms with Crippen molar-refractivity contribution in [3.63, 3.8) is 0 Å². The first-order valence-electron chi connectivity index (χ1n) is 2.85. The number of ether oxygens (including phenoxy) is 1. The molecule has 0 amide bonds. The molecule has 53 valence electrons. The third-order valence-corrected chi connectivity index (χ3v) is 2.76. The third-order valence-electron chi connectivity index (χ3n) is 1.13. The molecule has 1 aliphatic rings. The molecule has 1 aliphatic heterocycles. The van der Waals surface area contributed by atoms with Crippen molar-refractivity contribution in [2.24, 2.45) is 0 Å². The van der Waals surface area contributed by atoms with E-state index < -0.39 is 0 Å².